The molecular formula is C18H16N4O. The number of anilines is 2. The van der Waals surface area contributed by atoms with Crippen LogP contribution in [0.1, 0.15) is 23.2 Å². The molecular weight excluding hydrogens is 288 g/mol. The Morgan fingerprint density at radius 2 is 2.00 bits per heavy atom. The number of amides is 1. The topological polar surface area (TPSA) is 66.9 Å². The molecule has 2 heterocycles. The summed E-state index contributed by atoms with van der Waals surface area (Å²) < 4.78 is 0. The van der Waals surface area contributed by atoms with Crippen LogP contribution < -0.4 is 10.6 Å². The Kier molecular flexibility index (Phi) is 3.38. The molecule has 0 aliphatic heterocycles. The lowest BCUT2D eigenvalue weighted by molar-refractivity contribution is 0.0951. The number of carbonyl (C=O) groups excluding carboxylic acids is 1. The van der Waals surface area contributed by atoms with Gasteiger partial charge in [-0.15, -0.1) is 0 Å². The number of nitrogens with zero attached hydrogens (tertiary/aromatic N) is 2. The second-order valence-corrected chi connectivity index (χ2v) is 5.72. The fourth-order valence-electron chi connectivity index (χ4n) is 2.49. The number of para-hydroxylation sites is 1. The first kappa shape index (κ1) is 13.7. The quantitative estimate of drug-likeness (QED) is 0.776. The van der Waals surface area contributed by atoms with Gasteiger partial charge >= 0.3 is 0 Å². The molecule has 0 spiro atoms. The zero-order chi connectivity index (χ0) is 15.6. The van der Waals surface area contributed by atoms with Crippen molar-refractivity contribution in [2.45, 2.75) is 18.9 Å². The molecule has 0 bridgehead atoms. The van der Waals surface area contributed by atoms with Crippen molar-refractivity contribution < 1.29 is 4.79 Å². The summed E-state index contributed by atoms with van der Waals surface area (Å²) in [6.07, 6.45) is 7.20. The number of aromatic nitrogens is 2. The fourth-order valence-corrected chi connectivity index (χ4v) is 2.49. The summed E-state index contributed by atoms with van der Waals surface area (Å²) in [5, 5.41) is 7.34. The summed E-state index contributed by atoms with van der Waals surface area (Å²) >= 11 is 0. The monoisotopic (exact) mass is 304 g/mol. The predicted octanol–water partition coefficient (Wildman–Crippen LogP) is 3.27. The molecule has 1 aromatic carbocycles. The van der Waals surface area contributed by atoms with Crippen LogP contribution >= 0.6 is 0 Å². The molecule has 1 aliphatic rings. The van der Waals surface area contributed by atoms with Crippen LogP contribution in [0.4, 0.5) is 11.4 Å². The van der Waals surface area contributed by atoms with Gasteiger partial charge in [0.05, 0.1) is 28.7 Å². The third kappa shape index (κ3) is 2.99. The Morgan fingerprint density at radius 1 is 1.13 bits per heavy atom. The van der Waals surface area contributed by atoms with E-state index in [1.54, 1.807) is 18.6 Å². The summed E-state index contributed by atoms with van der Waals surface area (Å²) in [7, 11) is 0. The lowest BCUT2D eigenvalue weighted by Crippen LogP contribution is -2.25. The van der Waals surface area contributed by atoms with Crippen molar-refractivity contribution >= 4 is 28.2 Å². The van der Waals surface area contributed by atoms with Gasteiger partial charge in [-0.1, -0.05) is 18.2 Å². The van der Waals surface area contributed by atoms with Crippen molar-refractivity contribution in [2.75, 3.05) is 5.32 Å². The maximum absolute atomic E-state index is 12.1. The highest BCUT2D eigenvalue weighted by molar-refractivity contribution is 5.96. The van der Waals surface area contributed by atoms with E-state index in [4.69, 9.17) is 0 Å². The first-order valence-corrected chi connectivity index (χ1v) is 7.66. The molecule has 5 nitrogen and oxygen atoms in total. The van der Waals surface area contributed by atoms with Gasteiger partial charge in [0, 0.05) is 23.8 Å². The Bertz CT molecular complexity index is 868. The van der Waals surface area contributed by atoms with Gasteiger partial charge in [0.2, 0.25) is 0 Å². The maximum Gasteiger partial charge on any atom is 0.253 e. The summed E-state index contributed by atoms with van der Waals surface area (Å²) in [6, 6.07) is 12.0. The summed E-state index contributed by atoms with van der Waals surface area (Å²) in [5.41, 5.74) is 3.12. The highest BCUT2D eigenvalue weighted by atomic mass is 16.1. The van der Waals surface area contributed by atoms with Gasteiger partial charge in [-0.25, -0.2) is 0 Å². The number of benzene rings is 1. The molecule has 23 heavy (non-hydrogen) atoms. The molecule has 3 aromatic rings. The van der Waals surface area contributed by atoms with Crippen LogP contribution in [0.25, 0.3) is 10.9 Å². The smallest absolute Gasteiger partial charge is 0.253 e. The van der Waals surface area contributed by atoms with E-state index in [0.717, 1.165) is 35.1 Å². The van der Waals surface area contributed by atoms with Crippen LogP contribution in [-0.2, 0) is 0 Å². The first-order valence-electron chi connectivity index (χ1n) is 7.66. The molecule has 1 saturated carbocycles. The predicted molar refractivity (Wildman–Crippen MR) is 89.8 cm³/mol. The van der Waals surface area contributed by atoms with Gasteiger partial charge in [0.25, 0.3) is 5.91 Å². The molecule has 1 fully saturated rings. The molecule has 1 aliphatic carbocycles. The third-order valence-electron chi connectivity index (χ3n) is 3.82. The Morgan fingerprint density at radius 3 is 2.87 bits per heavy atom. The van der Waals surface area contributed by atoms with Crippen molar-refractivity contribution in [1.29, 1.82) is 0 Å². The van der Waals surface area contributed by atoms with Crippen molar-refractivity contribution in [3.05, 3.63) is 60.6 Å². The SMILES string of the molecule is O=C(NC1CC1)c1cncc(Nc2cccc3cccnc23)c1. The minimum absolute atomic E-state index is 0.0697. The molecule has 0 unspecified atom stereocenters. The summed E-state index contributed by atoms with van der Waals surface area (Å²) in [4.78, 5) is 20.7. The normalized spacial score (nSPS) is 13.7. The molecule has 0 saturated heterocycles. The van der Waals surface area contributed by atoms with Gasteiger partial charge in [-0.05, 0) is 31.0 Å². The van der Waals surface area contributed by atoms with Gasteiger partial charge < -0.3 is 10.6 Å². The van der Waals surface area contributed by atoms with E-state index in [0.29, 0.717) is 11.6 Å². The maximum atomic E-state index is 12.1. The number of nitrogens with one attached hydrogen (secondary N) is 2. The largest absolute Gasteiger partial charge is 0.352 e. The van der Waals surface area contributed by atoms with Crippen molar-refractivity contribution in [3.63, 3.8) is 0 Å². The number of fused-ring (bicyclic) bond motifs is 1. The molecule has 114 valence electrons. The van der Waals surface area contributed by atoms with Crippen molar-refractivity contribution in [3.8, 4) is 0 Å². The van der Waals surface area contributed by atoms with Crippen molar-refractivity contribution in [2.24, 2.45) is 0 Å². The second kappa shape index (κ2) is 5.68. The van der Waals surface area contributed by atoms with Crippen LogP contribution in [0.2, 0.25) is 0 Å². The van der Waals surface area contributed by atoms with E-state index in [2.05, 4.69) is 20.6 Å². The number of pyridine rings is 2. The van der Waals surface area contributed by atoms with Crippen LogP contribution in [0.5, 0.6) is 0 Å². The van der Waals surface area contributed by atoms with E-state index in [1.165, 1.54) is 0 Å². The minimum atomic E-state index is -0.0697. The Hall–Kier alpha value is -2.95. The van der Waals surface area contributed by atoms with E-state index in [9.17, 15) is 4.79 Å². The number of hydrogen-bond acceptors (Lipinski definition) is 4. The molecule has 4 rings (SSSR count). The van der Waals surface area contributed by atoms with Crippen LogP contribution in [0.3, 0.4) is 0 Å². The van der Waals surface area contributed by atoms with Crippen LogP contribution in [0.15, 0.2) is 55.0 Å². The molecule has 0 radical (unpaired) electrons. The average molecular weight is 304 g/mol. The van der Waals surface area contributed by atoms with Crippen molar-refractivity contribution in [1.82, 2.24) is 15.3 Å². The Labute approximate surface area is 133 Å². The molecule has 2 aromatic heterocycles. The van der Waals surface area contributed by atoms with Crippen LogP contribution in [-0.4, -0.2) is 21.9 Å². The minimum Gasteiger partial charge on any atom is -0.352 e. The molecule has 1 amide bonds. The highest BCUT2D eigenvalue weighted by Crippen LogP contribution is 2.25. The van der Waals surface area contributed by atoms with Gasteiger partial charge in [-0.2, -0.15) is 0 Å². The lowest BCUT2D eigenvalue weighted by Gasteiger charge is -2.10. The standard InChI is InChI=1S/C18H16N4O/c23-18(22-14-6-7-14)13-9-15(11-19-10-13)21-16-5-1-3-12-4-2-8-20-17(12)16/h1-5,8-11,14,21H,6-7H2,(H,22,23). The number of hydrogen-bond donors (Lipinski definition) is 2. The number of carbonyl (C=O) groups is 1. The third-order valence-corrected chi connectivity index (χ3v) is 3.82. The van der Waals surface area contributed by atoms with Gasteiger partial charge in [0.15, 0.2) is 0 Å². The molecule has 0 atom stereocenters. The van der Waals surface area contributed by atoms with E-state index in [-0.39, 0.29) is 5.91 Å². The van der Waals surface area contributed by atoms with Crippen LogP contribution in [0, 0.1) is 0 Å². The number of rotatable bonds is 4. The van der Waals surface area contributed by atoms with E-state index in [1.807, 2.05) is 36.4 Å². The zero-order valence-corrected chi connectivity index (χ0v) is 12.5. The summed E-state index contributed by atoms with van der Waals surface area (Å²) in [6.45, 7) is 0. The zero-order valence-electron chi connectivity index (χ0n) is 12.5. The van der Waals surface area contributed by atoms with E-state index < -0.39 is 0 Å². The molecule has 5 heteroatoms. The lowest BCUT2D eigenvalue weighted by atomic mass is 10.2. The second-order valence-electron chi connectivity index (χ2n) is 5.72. The van der Waals surface area contributed by atoms with Gasteiger partial charge in [-0.3, -0.25) is 14.8 Å². The Balaban J connectivity index is 1.61. The highest BCUT2D eigenvalue weighted by Gasteiger charge is 2.23. The molecule has 2 N–H and O–H groups in total. The first-order chi connectivity index (χ1) is 11.3. The average Bonchev–Trinajstić information content (AvgIpc) is 3.39. The van der Waals surface area contributed by atoms with E-state index >= 15 is 0 Å². The van der Waals surface area contributed by atoms with Gasteiger partial charge in [0.1, 0.15) is 0 Å². The fraction of sp³-hybridized carbons (Fsp3) is 0.167. The summed E-state index contributed by atoms with van der Waals surface area (Å²) in [5.74, 6) is -0.0697.